The van der Waals surface area contributed by atoms with Gasteiger partial charge in [0.2, 0.25) is 0 Å². The predicted octanol–water partition coefficient (Wildman–Crippen LogP) is 2.22. The lowest BCUT2D eigenvalue weighted by molar-refractivity contribution is 0.108. The summed E-state index contributed by atoms with van der Waals surface area (Å²) in [6.07, 6.45) is 0.694. The Balaban J connectivity index is 2.32. The summed E-state index contributed by atoms with van der Waals surface area (Å²) in [6.45, 7) is 3.87. The first-order valence-electron chi connectivity index (χ1n) is 5.92. The van der Waals surface area contributed by atoms with Gasteiger partial charge in [-0.25, -0.2) is 4.79 Å². The smallest absolute Gasteiger partial charge is 0.315 e. The monoisotopic (exact) mass is 318 g/mol. The van der Waals surface area contributed by atoms with Crippen LogP contribution in [0.3, 0.4) is 0 Å². The van der Waals surface area contributed by atoms with Gasteiger partial charge in [-0.1, -0.05) is 35.3 Å². The topological polar surface area (TPSA) is 70.6 Å². The van der Waals surface area contributed by atoms with Crippen LogP contribution < -0.4 is 15.4 Å². The zero-order chi connectivity index (χ0) is 15.0. The number of amides is 2. The van der Waals surface area contributed by atoms with Gasteiger partial charge in [0.25, 0.3) is 0 Å². The molecule has 1 rings (SSSR count). The normalized spacial score (nSPS) is 11.6. The van der Waals surface area contributed by atoms with Crippen LogP contribution in [0.25, 0.3) is 0 Å². The summed E-state index contributed by atoms with van der Waals surface area (Å²) in [5, 5.41) is 15.4. The Hall–Kier alpha value is -1.43. The molecule has 0 bridgehead atoms. The molecule has 0 spiro atoms. The van der Waals surface area contributed by atoms with Crippen LogP contribution in [-0.4, -0.2) is 36.9 Å². The number of benzene rings is 1. The van der Waals surface area contributed by atoms with Gasteiger partial charge in [-0.3, -0.25) is 0 Å². The van der Waals surface area contributed by atoms with Crippen LogP contribution in [0.1, 0.15) is 0 Å². The van der Waals surface area contributed by atoms with E-state index in [9.17, 15) is 9.90 Å². The van der Waals surface area contributed by atoms with Crippen molar-refractivity contribution in [2.45, 2.75) is 6.10 Å². The van der Waals surface area contributed by atoms with Crippen molar-refractivity contribution in [3.63, 3.8) is 0 Å². The van der Waals surface area contributed by atoms with E-state index in [2.05, 4.69) is 17.2 Å². The largest absolute Gasteiger partial charge is 0.489 e. The van der Waals surface area contributed by atoms with Crippen molar-refractivity contribution in [1.82, 2.24) is 10.6 Å². The van der Waals surface area contributed by atoms with Crippen LogP contribution in [0.5, 0.6) is 5.75 Å². The molecule has 1 aromatic rings. The van der Waals surface area contributed by atoms with E-state index in [1.54, 1.807) is 24.3 Å². The standard InChI is InChI=1S/C13H16Cl2N2O3/c1-2-6-16-13(19)17-7-9(18)8-20-11-5-3-4-10(14)12(11)15/h2-5,9,18H,1,6-8H2,(H2,16,17,19). The summed E-state index contributed by atoms with van der Waals surface area (Å²) >= 11 is 11.8. The minimum absolute atomic E-state index is 0.0121. The summed E-state index contributed by atoms with van der Waals surface area (Å²) in [6, 6.07) is 4.59. The first kappa shape index (κ1) is 16.6. The summed E-state index contributed by atoms with van der Waals surface area (Å²) in [7, 11) is 0. The van der Waals surface area contributed by atoms with Crippen molar-refractivity contribution in [1.29, 1.82) is 0 Å². The third kappa shape index (κ3) is 5.69. The fourth-order valence-electron chi connectivity index (χ4n) is 1.28. The molecule has 3 N–H and O–H groups in total. The first-order valence-corrected chi connectivity index (χ1v) is 6.67. The summed E-state index contributed by atoms with van der Waals surface area (Å²) < 4.78 is 5.34. The number of aliphatic hydroxyl groups excluding tert-OH is 1. The predicted molar refractivity (Wildman–Crippen MR) is 79.6 cm³/mol. The molecule has 0 aliphatic rings. The average Bonchev–Trinajstić information content (AvgIpc) is 2.44. The number of carbonyl (C=O) groups is 1. The average molecular weight is 319 g/mol. The highest BCUT2D eigenvalue weighted by molar-refractivity contribution is 6.42. The Morgan fingerprint density at radius 1 is 1.45 bits per heavy atom. The Morgan fingerprint density at radius 2 is 2.20 bits per heavy atom. The summed E-state index contributed by atoms with van der Waals surface area (Å²) in [4.78, 5) is 11.2. The second kappa shape index (κ2) is 8.68. The molecule has 0 aliphatic carbocycles. The Morgan fingerprint density at radius 3 is 2.90 bits per heavy atom. The van der Waals surface area contributed by atoms with Crippen molar-refractivity contribution in [2.75, 3.05) is 19.7 Å². The fourth-order valence-corrected chi connectivity index (χ4v) is 1.62. The zero-order valence-corrected chi connectivity index (χ0v) is 12.2. The van der Waals surface area contributed by atoms with E-state index in [-0.39, 0.29) is 24.2 Å². The quantitative estimate of drug-likeness (QED) is 0.675. The zero-order valence-electron chi connectivity index (χ0n) is 10.7. The van der Waals surface area contributed by atoms with Gasteiger partial charge in [0.05, 0.1) is 5.02 Å². The van der Waals surface area contributed by atoms with E-state index >= 15 is 0 Å². The number of ether oxygens (including phenoxy) is 1. The van der Waals surface area contributed by atoms with Crippen molar-refractivity contribution in [3.8, 4) is 5.75 Å². The van der Waals surface area contributed by atoms with Crippen molar-refractivity contribution < 1.29 is 14.6 Å². The highest BCUT2D eigenvalue weighted by Gasteiger charge is 2.10. The van der Waals surface area contributed by atoms with Gasteiger partial charge in [0, 0.05) is 13.1 Å². The lowest BCUT2D eigenvalue weighted by Crippen LogP contribution is -2.41. The van der Waals surface area contributed by atoms with Gasteiger partial charge >= 0.3 is 6.03 Å². The van der Waals surface area contributed by atoms with Gasteiger partial charge in [-0.15, -0.1) is 6.58 Å². The van der Waals surface area contributed by atoms with Crippen LogP contribution in [0, 0.1) is 0 Å². The maximum atomic E-state index is 11.2. The SMILES string of the molecule is C=CCNC(=O)NCC(O)COc1cccc(Cl)c1Cl. The maximum Gasteiger partial charge on any atom is 0.315 e. The molecular weight excluding hydrogens is 303 g/mol. The Labute approximate surface area is 127 Å². The lowest BCUT2D eigenvalue weighted by atomic mass is 10.3. The second-order valence-corrected chi connectivity index (χ2v) is 4.68. The third-order valence-electron chi connectivity index (χ3n) is 2.25. The minimum Gasteiger partial charge on any atom is -0.489 e. The van der Waals surface area contributed by atoms with E-state index in [1.165, 1.54) is 0 Å². The van der Waals surface area contributed by atoms with Crippen LogP contribution in [0.15, 0.2) is 30.9 Å². The van der Waals surface area contributed by atoms with Crippen LogP contribution in [0.2, 0.25) is 10.0 Å². The molecule has 1 atom stereocenters. The number of carbonyl (C=O) groups excluding carboxylic acids is 1. The molecule has 7 heteroatoms. The van der Waals surface area contributed by atoms with Crippen molar-refractivity contribution in [2.24, 2.45) is 0 Å². The van der Waals surface area contributed by atoms with E-state index in [0.29, 0.717) is 17.3 Å². The Kier molecular flexibility index (Phi) is 7.22. The second-order valence-electron chi connectivity index (χ2n) is 3.90. The summed E-state index contributed by atoms with van der Waals surface area (Å²) in [5.41, 5.74) is 0. The molecule has 1 unspecified atom stereocenters. The number of nitrogens with one attached hydrogen (secondary N) is 2. The molecule has 5 nitrogen and oxygen atoms in total. The molecule has 0 saturated heterocycles. The van der Waals surface area contributed by atoms with E-state index < -0.39 is 6.10 Å². The molecule has 0 heterocycles. The number of aliphatic hydroxyl groups is 1. The molecule has 1 aromatic carbocycles. The molecule has 0 fully saturated rings. The number of urea groups is 1. The highest BCUT2D eigenvalue weighted by Crippen LogP contribution is 2.31. The van der Waals surface area contributed by atoms with Crippen LogP contribution in [0.4, 0.5) is 4.79 Å². The summed E-state index contributed by atoms with van der Waals surface area (Å²) in [5.74, 6) is 0.384. The highest BCUT2D eigenvalue weighted by atomic mass is 35.5. The van der Waals surface area contributed by atoms with Gasteiger partial charge in [-0.2, -0.15) is 0 Å². The Bertz CT molecular complexity index is 469. The first-order chi connectivity index (χ1) is 9.54. The molecule has 20 heavy (non-hydrogen) atoms. The van der Waals surface area contributed by atoms with Crippen molar-refractivity contribution in [3.05, 3.63) is 40.9 Å². The molecule has 0 radical (unpaired) electrons. The molecule has 0 aromatic heterocycles. The molecular formula is C13H16Cl2N2O3. The maximum absolute atomic E-state index is 11.2. The van der Waals surface area contributed by atoms with E-state index in [1.807, 2.05) is 0 Å². The number of rotatable bonds is 7. The molecule has 2 amide bonds. The molecule has 0 saturated carbocycles. The van der Waals surface area contributed by atoms with E-state index in [0.717, 1.165) is 0 Å². The lowest BCUT2D eigenvalue weighted by Gasteiger charge is -2.14. The number of hydrogen-bond donors (Lipinski definition) is 3. The van der Waals surface area contributed by atoms with Gasteiger partial charge in [0.15, 0.2) is 0 Å². The van der Waals surface area contributed by atoms with Gasteiger partial charge in [0.1, 0.15) is 23.5 Å². The number of halogens is 2. The fraction of sp³-hybridized carbons (Fsp3) is 0.308. The van der Waals surface area contributed by atoms with Gasteiger partial charge < -0.3 is 20.5 Å². The third-order valence-corrected chi connectivity index (χ3v) is 3.05. The van der Waals surface area contributed by atoms with Gasteiger partial charge in [-0.05, 0) is 12.1 Å². The van der Waals surface area contributed by atoms with Crippen LogP contribution in [-0.2, 0) is 0 Å². The minimum atomic E-state index is -0.862. The number of hydrogen-bond acceptors (Lipinski definition) is 3. The van der Waals surface area contributed by atoms with E-state index in [4.69, 9.17) is 27.9 Å². The van der Waals surface area contributed by atoms with Crippen molar-refractivity contribution >= 4 is 29.2 Å². The van der Waals surface area contributed by atoms with Crippen LogP contribution >= 0.6 is 23.2 Å². The molecule has 0 aliphatic heterocycles. The molecule has 110 valence electrons.